The van der Waals surface area contributed by atoms with Gasteiger partial charge in [-0.2, -0.15) is 0 Å². The van der Waals surface area contributed by atoms with Crippen LogP contribution in [0, 0.1) is 17.7 Å². The summed E-state index contributed by atoms with van der Waals surface area (Å²) < 4.78 is 25.6. The molecule has 0 bridgehead atoms. The van der Waals surface area contributed by atoms with Crippen molar-refractivity contribution >= 4 is 5.97 Å². The summed E-state index contributed by atoms with van der Waals surface area (Å²) in [6.45, 7) is 0.643. The van der Waals surface area contributed by atoms with Crippen LogP contribution in [0.25, 0.3) is 0 Å². The molecule has 0 saturated heterocycles. The van der Waals surface area contributed by atoms with Gasteiger partial charge in [0.2, 0.25) is 0 Å². The van der Waals surface area contributed by atoms with E-state index in [1.165, 1.54) is 6.07 Å². The third kappa shape index (κ3) is 5.57. The number of carbonyl (C=O) groups is 1. The summed E-state index contributed by atoms with van der Waals surface area (Å²) in [6, 6.07) is 12.9. The third-order valence-electron chi connectivity index (χ3n) is 6.85. The van der Waals surface area contributed by atoms with Gasteiger partial charge in [0, 0.05) is 0 Å². The minimum atomic E-state index is -0.743. The van der Waals surface area contributed by atoms with E-state index in [9.17, 15) is 14.3 Å². The van der Waals surface area contributed by atoms with Crippen molar-refractivity contribution in [2.24, 2.45) is 11.8 Å². The molecule has 0 aliphatic heterocycles. The van der Waals surface area contributed by atoms with Crippen molar-refractivity contribution in [1.29, 1.82) is 0 Å². The fraction of sp³-hybridized carbons (Fsp3) is 0.500. The Kier molecular flexibility index (Phi) is 6.79. The van der Waals surface area contributed by atoms with Gasteiger partial charge in [-0.1, -0.05) is 12.1 Å². The highest BCUT2D eigenvalue weighted by Gasteiger charge is 2.34. The van der Waals surface area contributed by atoms with Gasteiger partial charge in [-0.25, -0.2) is 4.39 Å². The van der Waals surface area contributed by atoms with Crippen LogP contribution in [0.2, 0.25) is 0 Å². The predicted molar refractivity (Wildman–Crippen MR) is 117 cm³/mol. The smallest absolute Gasteiger partial charge is 0.303 e. The maximum atomic E-state index is 14.3. The fourth-order valence-electron chi connectivity index (χ4n) is 4.89. The van der Waals surface area contributed by atoms with Crippen LogP contribution < -0.4 is 9.47 Å². The molecule has 5 heteroatoms. The Bertz CT molecular complexity index is 900. The van der Waals surface area contributed by atoms with Gasteiger partial charge in [0.1, 0.15) is 17.3 Å². The Morgan fingerprint density at radius 2 is 1.84 bits per heavy atom. The highest BCUT2D eigenvalue weighted by molar-refractivity contribution is 5.68. The van der Waals surface area contributed by atoms with Crippen molar-refractivity contribution in [2.75, 3.05) is 13.7 Å². The minimum absolute atomic E-state index is 0.0780. The molecule has 0 unspecified atom stereocenters. The van der Waals surface area contributed by atoms with Gasteiger partial charge in [0.15, 0.2) is 0 Å². The van der Waals surface area contributed by atoms with E-state index in [0.717, 1.165) is 55.4 Å². The number of rotatable bonds is 9. The second kappa shape index (κ2) is 9.71. The molecule has 2 saturated carbocycles. The molecule has 2 aliphatic rings. The van der Waals surface area contributed by atoms with Crippen molar-refractivity contribution in [1.82, 2.24) is 0 Å². The fourth-order valence-corrected chi connectivity index (χ4v) is 4.89. The molecule has 0 spiro atoms. The summed E-state index contributed by atoms with van der Waals surface area (Å²) in [5.74, 6) is 1.87. The standard InChI is InChI=1S/C26H31FO4/c1-30-21-11-12-25(27)24(14-21)19-7-5-17(6-8-19)16-31-22-4-2-3-20(13-22)23(15-26(28)29)18-9-10-18/h2-4,11-14,17-19,23H,5-10,15-16H2,1H3,(H,28,29)/t17-,19-,23-/m1/s1. The van der Waals surface area contributed by atoms with Gasteiger partial charge in [-0.15, -0.1) is 0 Å². The van der Waals surface area contributed by atoms with Gasteiger partial charge in [0.05, 0.1) is 20.1 Å². The highest BCUT2D eigenvalue weighted by atomic mass is 19.1. The zero-order chi connectivity index (χ0) is 21.8. The van der Waals surface area contributed by atoms with Crippen LogP contribution in [0.15, 0.2) is 42.5 Å². The SMILES string of the molecule is COc1ccc(F)c([C@H]2CC[C@H](COc3cccc([C@H](CC(=O)O)C4CC4)c3)CC2)c1. The number of carboxylic acids is 1. The van der Waals surface area contributed by atoms with Crippen LogP contribution in [-0.4, -0.2) is 24.8 Å². The molecule has 166 valence electrons. The van der Waals surface area contributed by atoms with E-state index in [1.54, 1.807) is 13.2 Å². The molecule has 2 aliphatic carbocycles. The number of hydrogen-bond donors (Lipinski definition) is 1. The minimum Gasteiger partial charge on any atom is -0.497 e. The van der Waals surface area contributed by atoms with Crippen molar-refractivity contribution < 1.29 is 23.8 Å². The Labute approximate surface area is 183 Å². The number of benzene rings is 2. The van der Waals surface area contributed by atoms with Gasteiger partial charge >= 0.3 is 5.97 Å². The van der Waals surface area contributed by atoms with Crippen LogP contribution in [0.4, 0.5) is 4.39 Å². The molecule has 0 amide bonds. The highest BCUT2D eigenvalue weighted by Crippen LogP contribution is 2.45. The van der Waals surface area contributed by atoms with E-state index >= 15 is 0 Å². The van der Waals surface area contributed by atoms with E-state index in [0.29, 0.717) is 24.2 Å². The lowest BCUT2D eigenvalue weighted by Gasteiger charge is -2.29. The first kappa shape index (κ1) is 21.7. The lowest BCUT2D eigenvalue weighted by molar-refractivity contribution is -0.137. The number of aliphatic carboxylic acids is 1. The van der Waals surface area contributed by atoms with Crippen molar-refractivity contribution in [3.8, 4) is 11.5 Å². The number of methoxy groups -OCH3 is 1. The summed E-state index contributed by atoms with van der Waals surface area (Å²) in [6.07, 6.45) is 6.30. The number of carboxylic acid groups (broad SMARTS) is 1. The van der Waals surface area contributed by atoms with Crippen LogP contribution >= 0.6 is 0 Å². The predicted octanol–water partition coefficient (Wildman–Crippen LogP) is 6.16. The summed E-state index contributed by atoms with van der Waals surface area (Å²) in [5.41, 5.74) is 1.83. The molecule has 1 N–H and O–H groups in total. The summed E-state index contributed by atoms with van der Waals surface area (Å²) >= 11 is 0. The first-order valence-electron chi connectivity index (χ1n) is 11.3. The summed E-state index contributed by atoms with van der Waals surface area (Å²) in [5, 5.41) is 9.25. The van der Waals surface area contributed by atoms with Crippen LogP contribution in [0.1, 0.15) is 67.9 Å². The number of ether oxygens (including phenoxy) is 2. The molecule has 2 aromatic rings. The van der Waals surface area contributed by atoms with Gasteiger partial charge in [0.25, 0.3) is 0 Å². The average molecular weight is 427 g/mol. The summed E-state index contributed by atoms with van der Waals surface area (Å²) in [4.78, 5) is 11.3. The lowest BCUT2D eigenvalue weighted by atomic mass is 9.79. The normalized spacial score (nSPS) is 22.0. The maximum Gasteiger partial charge on any atom is 0.303 e. The second-order valence-corrected chi connectivity index (χ2v) is 9.03. The zero-order valence-electron chi connectivity index (χ0n) is 18.1. The number of halogens is 1. The van der Waals surface area contributed by atoms with Crippen molar-refractivity contribution in [3.63, 3.8) is 0 Å². The van der Waals surface area contributed by atoms with E-state index in [4.69, 9.17) is 9.47 Å². The quantitative estimate of drug-likeness (QED) is 0.522. The average Bonchev–Trinajstić information content (AvgIpc) is 3.62. The lowest BCUT2D eigenvalue weighted by Crippen LogP contribution is -2.20. The third-order valence-corrected chi connectivity index (χ3v) is 6.85. The number of hydrogen-bond acceptors (Lipinski definition) is 3. The Balaban J connectivity index is 1.31. The zero-order valence-corrected chi connectivity index (χ0v) is 18.1. The molecule has 2 aromatic carbocycles. The van der Waals surface area contributed by atoms with E-state index in [1.807, 2.05) is 30.3 Å². The molecule has 0 radical (unpaired) electrons. The topological polar surface area (TPSA) is 55.8 Å². The molecule has 31 heavy (non-hydrogen) atoms. The Morgan fingerprint density at radius 1 is 1.06 bits per heavy atom. The molecular weight excluding hydrogens is 395 g/mol. The summed E-state index contributed by atoms with van der Waals surface area (Å²) in [7, 11) is 1.61. The van der Waals surface area contributed by atoms with Crippen molar-refractivity contribution in [2.45, 2.75) is 56.8 Å². The van der Waals surface area contributed by atoms with Crippen LogP contribution in [-0.2, 0) is 4.79 Å². The maximum absolute atomic E-state index is 14.3. The van der Waals surface area contributed by atoms with Crippen LogP contribution in [0.3, 0.4) is 0 Å². The van der Waals surface area contributed by atoms with E-state index in [2.05, 4.69) is 0 Å². The van der Waals surface area contributed by atoms with E-state index in [-0.39, 0.29) is 24.1 Å². The molecule has 4 nitrogen and oxygen atoms in total. The molecule has 2 fully saturated rings. The van der Waals surface area contributed by atoms with E-state index < -0.39 is 5.97 Å². The molecule has 0 heterocycles. The Morgan fingerprint density at radius 3 is 2.52 bits per heavy atom. The molecule has 4 rings (SSSR count). The molecule has 0 aromatic heterocycles. The van der Waals surface area contributed by atoms with Gasteiger partial charge < -0.3 is 14.6 Å². The first-order valence-corrected chi connectivity index (χ1v) is 11.3. The van der Waals surface area contributed by atoms with Crippen molar-refractivity contribution in [3.05, 3.63) is 59.4 Å². The Hall–Kier alpha value is -2.56. The van der Waals surface area contributed by atoms with Crippen LogP contribution in [0.5, 0.6) is 11.5 Å². The molecular formula is C26H31FO4. The molecule has 1 atom stereocenters. The first-order chi connectivity index (χ1) is 15.0. The monoisotopic (exact) mass is 426 g/mol. The second-order valence-electron chi connectivity index (χ2n) is 9.03. The van der Waals surface area contributed by atoms with Gasteiger partial charge in [-0.05, 0) is 104 Å². The largest absolute Gasteiger partial charge is 0.497 e. The van der Waals surface area contributed by atoms with Gasteiger partial charge in [-0.3, -0.25) is 4.79 Å².